The minimum Gasteiger partial charge on any atom is -0.444 e. The first-order valence-electron chi connectivity index (χ1n) is 9.18. The van der Waals surface area contributed by atoms with Crippen LogP contribution in [0, 0.1) is 5.92 Å². The smallest absolute Gasteiger partial charge is 0.410 e. The Balaban J connectivity index is 1.92. The molecule has 0 bridgehead atoms. The number of hydrogen-bond acceptors (Lipinski definition) is 3. The van der Waals surface area contributed by atoms with Gasteiger partial charge in [0, 0.05) is 25.3 Å². The van der Waals surface area contributed by atoms with E-state index in [1.54, 1.807) is 4.90 Å². The van der Waals surface area contributed by atoms with Crippen molar-refractivity contribution in [3.63, 3.8) is 0 Å². The molecule has 0 atom stereocenters. The lowest BCUT2D eigenvalue weighted by Crippen LogP contribution is -2.36. The van der Waals surface area contributed by atoms with Crippen LogP contribution in [0.2, 0.25) is 0 Å². The Hall–Kier alpha value is -1.71. The highest BCUT2D eigenvalue weighted by Crippen LogP contribution is 2.25. The number of amides is 1. The first-order valence-corrected chi connectivity index (χ1v) is 9.18. The van der Waals surface area contributed by atoms with Crippen molar-refractivity contribution in [3.8, 4) is 0 Å². The molecular weight excluding hydrogens is 300 g/mol. The molecule has 1 aliphatic rings. The van der Waals surface area contributed by atoms with Crippen molar-refractivity contribution >= 4 is 11.8 Å². The van der Waals surface area contributed by atoms with Crippen molar-refractivity contribution < 1.29 is 9.53 Å². The van der Waals surface area contributed by atoms with Crippen LogP contribution in [0.4, 0.5) is 10.5 Å². The average molecular weight is 332 g/mol. The number of anilines is 1. The van der Waals surface area contributed by atoms with Crippen LogP contribution >= 0.6 is 0 Å². The van der Waals surface area contributed by atoms with Crippen molar-refractivity contribution in [2.45, 2.75) is 65.5 Å². The third-order valence-electron chi connectivity index (χ3n) is 4.40. The van der Waals surface area contributed by atoms with Gasteiger partial charge in [-0.2, -0.15) is 0 Å². The molecule has 134 valence electrons. The Morgan fingerprint density at radius 1 is 1.29 bits per heavy atom. The van der Waals surface area contributed by atoms with Gasteiger partial charge in [0.15, 0.2) is 0 Å². The number of ether oxygens (including phenoxy) is 1. The molecule has 1 aromatic carbocycles. The van der Waals surface area contributed by atoms with E-state index in [2.05, 4.69) is 29.6 Å². The molecule has 0 radical (unpaired) electrons. The molecule has 1 N–H and O–H groups in total. The van der Waals surface area contributed by atoms with E-state index in [1.165, 1.54) is 25.7 Å². The van der Waals surface area contributed by atoms with E-state index in [1.807, 2.05) is 27.7 Å². The van der Waals surface area contributed by atoms with Crippen LogP contribution in [0.5, 0.6) is 0 Å². The molecule has 0 unspecified atom stereocenters. The highest BCUT2D eigenvalue weighted by atomic mass is 16.6. The molecule has 4 nitrogen and oxygen atoms in total. The maximum absolute atomic E-state index is 12.3. The van der Waals surface area contributed by atoms with Crippen LogP contribution in [0.15, 0.2) is 24.3 Å². The van der Waals surface area contributed by atoms with Gasteiger partial charge in [-0.25, -0.2) is 4.79 Å². The Labute approximate surface area is 146 Å². The summed E-state index contributed by atoms with van der Waals surface area (Å²) >= 11 is 0. The van der Waals surface area contributed by atoms with Crippen LogP contribution in [0.3, 0.4) is 0 Å². The van der Waals surface area contributed by atoms with E-state index in [-0.39, 0.29) is 6.09 Å². The summed E-state index contributed by atoms with van der Waals surface area (Å²) in [5.74, 6) is 0.808. The molecule has 1 aromatic rings. The lowest BCUT2D eigenvalue weighted by atomic mass is 10.1. The molecule has 4 heteroatoms. The van der Waals surface area contributed by atoms with Crippen LogP contribution in [0.1, 0.15) is 58.9 Å². The fourth-order valence-electron chi connectivity index (χ4n) is 3.11. The van der Waals surface area contributed by atoms with E-state index in [4.69, 9.17) is 4.74 Å². The standard InChI is InChI=1S/C20H32N2O2/c1-5-22(19(23)24-20(2,3)4)15-17-11-8-12-18(13-17)21-14-16-9-6-7-10-16/h8,11-13,16,21H,5-7,9-10,14-15H2,1-4H3. The van der Waals surface area contributed by atoms with Crippen molar-refractivity contribution in [3.05, 3.63) is 29.8 Å². The summed E-state index contributed by atoms with van der Waals surface area (Å²) in [6, 6.07) is 8.35. The number of nitrogens with zero attached hydrogens (tertiary/aromatic N) is 1. The minimum atomic E-state index is -0.463. The molecular formula is C20H32N2O2. The first kappa shape index (κ1) is 18.6. The largest absolute Gasteiger partial charge is 0.444 e. The third-order valence-corrected chi connectivity index (χ3v) is 4.40. The van der Waals surface area contributed by atoms with Gasteiger partial charge in [0.2, 0.25) is 0 Å². The van der Waals surface area contributed by atoms with Gasteiger partial charge in [-0.3, -0.25) is 0 Å². The number of nitrogens with one attached hydrogen (secondary N) is 1. The van der Waals surface area contributed by atoms with Crippen LogP contribution in [0.25, 0.3) is 0 Å². The molecule has 0 aliphatic heterocycles. The fourth-order valence-corrected chi connectivity index (χ4v) is 3.11. The van der Waals surface area contributed by atoms with E-state index in [0.29, 0.717) is 13.1 Å². The van der Waals surface area contributed by atoms with Crippen molar-refractivity contribution in [2.24, 2.45) is 5.92 Å². The predicted molar refractivity (Wildman–Crippen MR) is 99.2 cm³/mol. The maximum atomic E-state index is 12.3. The van der Waals surface area contributed by atoms with Crippen LogP contribution < -0.4 is 5.32 Å². The summed E-state index contributed by atoms with van der Waals surface area (Å²) in [6.45, 7) is 9.92. The number of carbonyl (C=O) groups is 1. The summed E-state index contributed by atoms with van der Waals surface area (Å²) < 4.78 is 5.48. The van der Waals surface area contributed by atoms with Gasteiger partial charge in [-0.15, -0.1) is 0 Å². The van der Waals surface area contributed by atoms with Gasteiger partial charge in [0.25, 0.3) is 0 Å². The highest BCUT2D eigenvalue weighted by molar-refractivity contribution is 5.68. The van der Waals surface area contributed by atoms with Gasteiger partial charge in [-0.1, -0.05) is 25.0 Å². The zero-order chi connectivity index (χ0) is 17.6. The van der Waals surface area contributed by atoms with Crippen molar-refractivity contribution in [1.82, 2.24) is 4.90 Å². The summed E-state index contributed by atoms with van der Waals surface area (Å²) in [5, 5.41) is 3.55. The van der Waals surface area contributed by atoms with E-state index in [0.717, 1.165) is 23.7 Å². The molecule has 0 aromatic heterocycles. The van der Waals surface area contributed by atoms with Crippen LogP contribution in [-0.2, 0) is 11.3 Å². The molecule has 1 fully saturated rings. The Kier molecular flexibility index (Phi) is 6.52. The fraction of sp³-hybridized carbons (Fsp3) is 0.650. The quantitative estimate of drug-likeness (QED) is 0.793. The maximum Gasteiger partial charge on any atom is 0.410 e. The average Bonchev–Trinajstić information content (AvgIpc) is 3.02. The second-order valence-corrected chi connectivity index (χ2v) is 7.73. The minimum absolute atomic E-state index is 0.255. The van der Waals surface area contributed by atoms with Gasteiger partial charge < -0.3 is 15.0 Å². The Morgan fingerprint density at radius 3 is 2.62 bits per heavy atom. The molecule has 1 aliphatic carbocycles. The lowest BCUT2D eigenvalue weighted by Gasteiger charge is -2.26. The van der Waals surface area contributed by atoms with Crippen molar-refractivity contribution in [1.29, 1.82) is 0 Å². The molecule has 2 rings (SSSR count). The van der Waals surface area contributed by atoms with Gasteiger partial charge >= 0.3 is 6.09 Å². The second kappa shape index (κ2) is 8.41. The Morgan fingerprint density at radius 2 is 2.00 bits per heavy atom. The SMILES string of the molecule is CCN(Cc1cccc(NCC2CCCC2)c1)C(=O)OC(C)(C)C. The highest BCUT2D eigenvalue weighted by Gasteiger charge is 2.21. The monoisotopic (exact) mass is 332 g/mol. The van der Waals surface area contributed by atoms with E-state index < -0.39 is 5.60 Å². The van der Waals surface area contributed by atoms with Crippen LogP contribution in [-0.4, -0.2) is 29.7 Å². The molecule has 1 saturated carbocycles. The third kappa shape index (κ3) is 6.06. The summed E-state index contributed by atoms with van der Waals surface area (Å²) in [7, 11) is 0. The number of hydrogen-bond donors (Lipinski definition) is 1. The number of carbonyl (C=O) groups excluding carboxylic acids is 1. The lowest BCUT2D eigenvalue weighted by molar-refractivity contribution is 0.0244. The summed E-state index contributed by atoms with van der Waals surface area (Å²) in [4.78, 5) is 14.0. The van der Waals surface area contributed by atoms with Gasteiger partial charge in [-0.05, 0) is 64.2 Å². The summed E-state index contributed by atoms with van der Waals surface area (Å²) in [6.07, 6.45) is 5.17. The first-order chi connectivity index (χ1) is 11.4. The molecule has 24 heavy (non-hydrogen) atoms. The molecule has 0 saturated heterocycles. The normalized spacial score (nSPS) is 15.3. The Bertz CT molecular complexity index is 531. The molecule has 0 spiro atoms. The number of rotatable bonds is 6. The second-order valence-electron chi connectivity index (χ2n) is 7.73. The summed E-state index contributed by atoms with van der Waals surface area (Å²) in [5.41, 5.74) is 1.80. The van der Waals surface area contributed by atoms with Gasteiger partial charge in [0.05, 0.1) is 0 Å². The van der Waals surface area contributed by atoms with E-state index in [9.17, 15) is 4.79 Å². The van der Waals surface area contributed by atoms with Gasteiger partial charge in [0.1, 0.15) is 5.60 Å². The zero-order valence-corrected chi connectivity index (χ0v) is 15.6. The molecule has 1 amide bonds. The topological polar surface area (TPSA) is 41.6 Å². The zero-order valence-electron chi connectivity index (χ0n) is 15.6. The van der Waals surface area contributed by atoms with E-state index >= 15 is 0 Å². The molecule has 0 heterocycles. The van der Waals surface area contributed by atoms with Crippen molar-refractivity contribution in [2.75, 3.05) is 18.4 Å². The predicted octanol–water partition coefficient (Wildman–Crippen LogP) is 5.05. The number of benzene rings is 1.